The fraction of sp³-hybridized carbons (Fsp3) is 0.542. The van der Waals surface area contributed by atoms with E-state index < -0.39 is 4.92 Å². The Kier molecular flexibility index (Phi) is 6.97. The van der Waals surface area contributed by atoms with Gasteiger partial charge in [-0.15, -0.1) is 0 Å². The number of aryl methyl sites for hydroxylation is 1. The van der Waals surface area contributed by atoms with Crippen LogP contribution in [-0.2, 0) is 11.2 Å². The molecule has 4 rings (SSSR count). The number of aromatic nitrogens is 2. The zero-order valence-corrected chi connectivity index (χ0v) is 18.6. The van der Waals surface area contributed by atoms with E-state index in [1.54, 1.807) is 12.1 Å². The Bertz CT molecular complexity index is 949. The molecule has 0 spiro atoms. The van der Waals surface area contributed by atoms with E-state index in [1.165, 1.54) is 31.4 Å². The molecule has 8 nitrogen and oxygen atoms in total. The summed E-state index contributed by atoms with van der Waals surface area (Å²) in [5, 5.41) is 14.2. The fourth-order valence-electron chi connectivity index (χ4n) is 4.62. The van der Waals surface area contributed by atoms with Crippen molar-refractivity contribution < 1.29 is 9.72 Å². The van der Waals surface area contributed by atoms with Gasteiger partial charge >= 0.3 is 0 Å². The lowest BCUT2D eigenvalue weighted by Gasteiger charge is -2.34. The van der Waals surface area contributed by atoms with Gasteiger partial charge in [-0.05, 0) is 44.2 Å². The molecule has 1 aliphatic carbocycles. The lowest BCUT2D eigenvalue weighted by atomic mass is 9.88. The van der Waals surface area contributed by atoms with E-state index in [4.69, 9.17) is 4.98 Å². The molecule has 1 saturated carbocycles. The van der Waals surface area contributed by atoms with E-state index in [-0.39, 0.29) is 23.6 Å². The first-order chi connectivity index (χ1) is 15.5. The molecule has 2 aliphatic rings. The first kappa shape index (κ1) is 22.2. The summed E-state index contributed by atoms with van der Waals surface area (Å²) in [7, 11) is 0. The molecule has 2 fully saturated rings. The number of amides is 1. The fourth-order valence-corrected chi connectivity index (χ4v) is 4.62. The maximum atomic E-state index is 12.6. The maximum absolute atomic E-state index is 12.6. The molecule has 1 aromatic carbocycles. The van der Waals surface area contributed by atoms with Gasteiger partial charge in [-0.2, -0.15) is 0 Å². The van der Waals surface area contributed by atoms with Crippen LogP contribution in [0.1, 0.15) is 57.6 Å². The number of hydrogen-bond acceptors (Lipinski definition) is 6. The molecule has 0 atom stereocenters. The number of non-ortho nitro benzene ring substituents is 1. The minimum absolute atomic E-state index is 0.0537. The standard InChI is InChI=1S/C24H31N5O3/c1-2-19-16-22(27-23(25-19)17-8-10-21(11-9-17)29(31)32)28-14-12-20(13-15-28)26-24(30)18-6-4-3-5-7-18/h8-11,16,18,20H,2-7,12-15H2,1H3,(H,26,30). The summed E-state index contributed by atoms with van der Waals surface area (Å²) in [5.41, 5.74) is 1.76. The number of rotatable bonds is 6. The first-order valence-electron chi connectivity index (χ1n) is 11.7. The van der Waals surface area contributed by atoms with Gasteiger partial charge in [0.15, 0.2) is 5.82 Å². The Morgan fingerprint density at radius 2 is 1.78 bits per heavy atom. The average molecular weight is 438 g/mol. The third-order valence-corrected chi connectivity index (χ3v) is 6.61. The summed E-state index contributed by atoms with van der Waals surface area (Å²) in [6.45, 7) is 3.71. The first-order valence-corrected chi connectivity index (χ1v) is 11.7. The van der Waals surface area contributed by atoms with E-state index in [0.717, 1.165) is 62.3 Å². The highest BCUT2D eigenvalue weighted by Crippen LogP contribution is 2.26. The van der Waals surface area contributed by atoms with Gasteiger partial charge < -0.3 is 10.2 Å². The van der Waals surface area contributed by atoms with E-state index in [9.17, 15) is 14.9 Å². The summed E-state index contributed by atoms with van der Waals surface area (Å²) in [4.78, 5) is 34.8. The zero-order valence-electron chi connectivity index (χ0n) is 18.6. The molecule has 0 unspecified atom stereocenters. The number of nitrogens with zero attached hydrogens (tertiary/aromatic N) is 4. The molecule has 1 aromatic heterocycles. The van der Waals surface area contributed by atoms with Crippen molar-refractivity contribution in [3.8, 4) is 11.4 Å². The average Bonchev–Trinajstić information content (AvgIpc) is 2.84. The second kappa shape index (κ2) is 10.1. The van der Waals surface area contributed by atoms with Gasteiger partial charge in [-0.3, -0.25) is 14.9 Å². The highest BCUT2D eigenvalue weighted by Gasteiger charge is 2.26. The van der Waals surface area contributed by atoms with Crippen LogP contribution in [0, 0.1) is 16.0 Å². The molecule has 170 valence electrons. The van der Waals surface area contributed by atoms with Crippen LogP contribution in [0.25, 0.3) is 11.4 Å². The summed E-state index contributed by atoms with van der Waals surface area (Å²) >= 11 is 0. The van der Waals surface area contributed by atoms with Gasteiger partial charge in [0, 0.05) is 54.5 Å². The predicted molar refractivity (Wildman–Crippen MR) is 123 cm³/mol. The molecule has 1 N–H and O–H groups in total. The van der Waals surface area contributed by atoms with Gasteiger partial charge in [-0.1, -0.05) is 26.2 Å². The van der Waals surface area contributed by atoms with Crippen LogP contribution in [0.4, 0.5) is 11.5 Å². The topological polar surface area (TPSA) is 101 Å². The molecule has 0 bridgehead atoms. The van der Waals surface area contributed by atoms with Gasteiger partial charge in [0.1, 0.15) is 5.82 Å². The minimum atomic E-state index is -0.407. The zero-order chi connectivity index (χ0) is 22.5. The van der Waals surface area contributed by atoms with E-state index >= 15 is 0 Å². The van der Waals surface area contributed by atoms with Crippen molar-refractivity contribution in [2.45, 2.75) is 64.3 Å². The van der Waals surface area contributed by atoms with Crippen molar-refractivity contribution in [1.82, 2.24) is 15.3 Å². The molecule has 1 saturated heterocycles. The highest BCUT2D eigenvalue weighted by molar-refractivity contribution is 5.79. The molecular formula is C24H31N5O3. The van der Waals surface area contributed by atoms with Crippen molar-refractivity contribution in [1.29, 1.82) is 0 Å². The summed E-state index contributed by atoms with van der Waals surface area (Å²) < 4.78 is 0. The number of anilines is 1. The second-order valence-electron chi connectivity index (χ2n) is 8.80. The molecular weight excluding hydrogens is 406 g/mol. The van der Waals surface area contributed by atoms with Crippen LogP contribution in [0.15, 0.2) is 30.3 Å². The Labute approximate surface area is 188 Å². The lowest BCUT2D eigenvalue weighted by molar-refractivity contribution is -0.384. The van der Waals surface area contributed by atoms with Crippen molar-refractivity contribution in [2.24, 2.45) is 5.92 Å². The SMILES string of the molecule is CCc1cc(N2CCC(NC(=O)C3CCCCC3)CC2)nc(-c2ccc([N+](=O)[O-])cc2)n1. The quantitative estimate of drug-likeness (QED) is 0.535. The third-order valence-electron chi connectivity index (χ3n) is 6.61. The Morgan fingerprint density at radius 1 is 1.09 bits per heavy atom. The Balaban J connectivity index is 1.42. The lowest BCUT2D eigenvalue weighted by Crippen LogP contribution is -2.46. The number of benzene rings is 1. The van der Waals surface area contributed by atoms with Crippen LogP contribution >= 0.6 is 0 Å². The second-order valence-corrected chi connectivity index (χ2v) is 8.80. The number of nitro groups is 1. The number of piperidine rings is 1. The number of nitrogens with one attached hydrogen (secondary N) is 1. The Hall–Kier alpha value is -3.03. The number of nitro benzene ring substituents is 1. The molecule has 1 amide bonds. The predicted octanol–water partition coefficient (Wildman–Crippen LogP) is 4.28. The monoisotopic (exact) mass is 437 g/mol. The van der Waals surface area contributed by atoms with Crippen molar-refractivity contribution in [3.05, 3.63) is 46.1 Å². The molecule has 8 heteroatoms. The Morgan fingerprint density at radius 3 is 2.41 bits per heavy atom. The molecule has 2 aromatic rings. The van der Waals surface area contributed by atoms with Gasteiger partial charge in [0.05, 0.1) is 4.92 Å². The van der Waals surface area contributed by atoms with Gasteiger partial charge in [0.2, 0.25) is 5.91 Å². The maximum Gasteiger partial charge on any atom is 0.269 e. The van der Waals surface area contributed by atoms with Crippen LogP contribution in [0.3, 0.4) is 0 Å². The van der Waals surface area contributed by atoms with Crippen molar-refractivity contribution in [2.75, 3.05) is 18.0 Å². The van der Waals surface area contributed by atoms with Gasteiger partial charge in [-0.25, -0.2) is 9.97 Å². The van der Waals surface area contributed by atoms with Crippen LogP contribution in [0.5, 0.6) is 0 Å². The van der Waals surface area contributed by atoms with E-state index in [0.29, 0.717) is 5.82 Å². The molecule has 0 radical (unpaired) electrons. The number of hydrogen-bond donors (Lipinski definition) is 1. The summed E-state index contributed by atoms with van der Waals surface area (Å²) in [5.74, 6) is 1.89. The third kappa shape index (κ3) is 5.23. The smallest absolute Gasteiger partial charge is 0.269 e. The van der Waals surface area contributed by atoms with Crippen LogP contribution in [-0.4, -0.2) is 39.9 Å². The number of carbonyl (C=O) groups is 1. The van der Waals surface area contributed by atoms with Crippen LogP contribution in [0.2, 0.25) is 0 Å². The van der Waals surface area contributed by atoms with E-state index in [2.05, 4.69) is 22.1 Å². The van der Waals surface area contributed by atoms with Crippen LogP contribution < -0.4 is 10.2 Å². The highest BCUT2D eigenvalue weighted by atomic mass is 16.6. The van der Waals surface area contributed by atoms with Gasteiger partial charge in [0.25, 0.3) is 5.69 Å². The van der Waals surface area contributed by atoms with E-state index in [1.807, 2.05) is 6.07 Å². The minimum Gasteiger partial charge on any atom is -0.356 e. The largest absolute Gasteiger partial charge is 0.356 e. The van der Waals surface area contributed by atoms with Crippen molar-refractivity contribution in [3.63, 3.8) is 0 Å². The molecule has 2 heterocycles. The van der Waals surface area contributed by atoms with Crippen molar-refractivity contribution >= 4 is 17.4 Å². The molecule has 1 aliphatic heterocycles. The summed E-state index contributed by atoms with van der Waals surface area (Å²) in [6.07, 6.45) is 8.22. The molecule has 32 heavy (non-hydrogen) atoms. The summed E-state index contributed by atoms with van der Waals surface area (Å²) in [6, 6.07) is 8.61. The number of carbonyl (C=O) groups excluding carboxylic acids is 1. The normalized spacial score (nSPS) is 17.8.